The second-order valence-electron chi connectivity index (χ2n) is 7.27. The molecule has 3 nitrogen and oxygen atoms in total. The van der Waals surface area contributed by atoms with Gasteiger partial charge in [-0.25, -0.2) is 0 Å². The molecule has 1 aliphatic rings. The van der Waals surface area contributed by atoms with Crippen molar-refractivity contribution in [1.82, 2.24) is 4.98 Å². The molecule has 1 fully saturated rings. The van der Waals surface area contributed by atoms with Crippen LogP contribution in [0.1, 0.15) is 55.6 Å². The summed E-state index contributed by atoms with van der Waals surface area (Å²) >= 11 is 8.01. The Morgan fingerprint density at radius 2 is 2.04 bits per heavy atom. The number of aliphatic hydroxyl groups excluding tert-OH is 1. The van der Waals surface area contributed by atoms with Gasteiger partial charge in [0.1, 0.15) is 5.75 Å². The Hall–Kier alpha value is -1.62. The van der Waals surface area contributed by atoms with E-state index in [2.05, 4.69) is 11.9 Å². The molecule has 0 bridgehead atoms. The van der Waals surface area contributed by atoms with Gasteiger partial charge in [0.25, 0.3) is 0 Å². The molecule has 1 saturated carbocycles. The zero-order valence-corrected chi connectivity index (χ0v) is 17.2. The zero-order valence-electron chi connectivity index (χ0n) is 15.7. The maximum Gasteiger partial charge on any atom is 0.130 e. The van der Waals surface area contributed by atoms with E-state index in [9.17, 15) is 5.11 Å². The first-order valence-corrected chi connectivity index (χ1v) is 10.8. The molecule has 2 heterocycles. The number of halogens is 1. The van der Waals surface area contributed by atoms with Crippen molar-refractivity contribution in [2.45, 2.75) is 58.2 Å². The molecule has 1 atom stereocenters. The summed E-state index contributed by atoms with van der Waals surface area (Å²) < 4.78 is 7.51. The lowest BCUT2D eigenvalue weighted by Crippen LogP contribution is -2.12. The Labute approximate surface area is 169 Å². The maximum atomic E-state index is 10.3. The smallest absolute Gasteiger partial charge is 0.130 e. The quantitative estimate of drug-likeness (QED) is 0.517. The van der Waals surface area contributed by atoms with Crippen molar-refractivity contribution >= 4 is 33.2 Å². The number of aliphatic hydroxyl groups is 1. The van der Waals surface area contributed by atoms with Crippen molar-refractivity contribution in [3.63, 3.8) is 0 Å². The summed E-state index contributed by atoms with van der Waals surface area (Å²) in [6.45, 7) is 4.04. The molecule has 1 aliphatic carbocycles. The zero-order chi connectivity index (χ0) is 19.0. The third-order valence-corrected chi connectivity index (χ3v) is 6.74. The second-order valence-corrected chi connectivity index (χ2v) is 8.79. The number of benzene rings is 1. The number of aryl methyl sites for hydroxylation is 1. The van der Waals surface area contributed by atoms with Crippen LogP contribution in [0.4, 0.5) is 0 Å². The average Bonchev–Trinajstić information content (AvgIpc) is 3.32. The molecule has 0 radical (unpaired) electrons. The Morgan fingerprint density at radius 3 is 2.78 bits per heavy atom. The van der Waals surface area contributed by atoms with Crippen molar-refractivity contribution in [3.05, 3.63) is 45.9 Å². The fourth-order valence-electron chi connectivity index (χ4n) is 3.79. The molecule has 1 N–H and O–H groups in total. The fraction of sp³-hybridized carbons (Fsp3) is 0.409. The van der Waals surface area contributed by atoms with E-state index in [4.69, 9.17) is 16.3 Å². The highest BCUT2D eigenvalue weighted by atomic mass is 35.5. The molecule has 0 amide bonds. The van der Waals surface area contributed by atoms with Gasteiger partial charge in [0.15, 0.2) is 0 Å². The van der Waals surface area contributed by atoms with Crippen LogP contribution >= 0.6 is 22.9 Å². The van der Waals surface area contributed by atoms with E-state index in [0.717, 1.165) is 50.4 Å². The molecular weight excluding hydrogens is 378 g/mol. The third kappa shape index (κ3) is 3.71. The van der Waals surface area contributed by atoms with E-state index in [0.29, 0.717) is 11.4 Å². The van der Waals surface area contributed by atoms with Crippen molar-refractivity contribution in [1.29, 1.82) is 0 Å². The minimum atomic E-state index is -0.452. The molecule has 1 unspecified atom stereocenters. The lowest BCUT2D eigenvalue weighted by molar-refractivity contribution is 0.177. The number of aromatic nitrogens is 1. The van der Waals surface area contributed by atoms with E-state index >= 15 is 0 Å². The highest BCUT2D eigenvalue weighted by molar-refractivity contribution is 7.19. The first kappa shape index (κ1) is 18.7. The molecule has 3 aromatic rings. The summed E-state index contributed by atoms with van der Waals surface area (Å²) in [5.41, 5.74) is 4.04. The number of nitrogens with zero attached hydrogens (tertiary/aromatic N) is 1. The normalized spacial score (nSPS) is 16.1. The van der Waals surface area contributed by atoms with Crippen LogP contribution in [0.15, 0.2) is 30.5 Å². The predicted octanol–water partition coefficient (Wildman–Crippen LogP) is 6.69. The topological polar surface area (TPSA) is 42.4 Å². The molecule has 2 aromatic heterocycles. The van der Waals surface area contributed by atoms with E-state index in [1.807, 2.05) is 37.4 Å². The van der Waals surface area contributed by atoms with Gasteiger partial charge in [-0.15, -0.1) is 11.3 Å². The van der Waals surface area contributed by atoms with Gasteiger partial charge in [0.05, 0.1) is 22.4 Å². The van der Waals surface area contributed by atoms with Gasteiger partial charge in [-0.05, 0) is 68.9 Å². The third-order valence-electron chi connectivity index (χ3n) is 5.26. The van der Waals surface area contributed by atoms with Gasteiger partial charge in [-0.2, -0.15) is 0 Å². The first-order valence-electron chi connectivity index (χ1n) is 9.60. The maximum absolute atomic E-state index is 10.3. The van der Waals surface area contributed by atoms with Gasteiger partial charge in [0.2, 0.25) is 0 Å². The Bertz CT molecular complexity index is 962. The van der Waals surface area contributed by atoms with Gasteiger partial charge in [-0.3, -0.25) is 4.98 Å². The van der Waals surface area contributed by atoms with E-state index in [-0.39, 0.29) is 6.10 Å². The molecular formula is C22H24ClNO2S. The van der Waals surface area contributed by atoms with Gasteiger partial charge in [0, 0.05) is 27.2 Å². The monoisotopic (exact) mass is 401 g/mol. The standard InChI is InChI=1S/C22H24ClNO2S/c1-3-19(25)20-12-18-22(27-20)16(8-9-24-18)17-11-14(23)10-13(2)21(17)26-15-6-4-5-7-15/h8-12,15,19,25H,3-7H2,1-2H3. The lowest BCUT2D eigenvalue weighted by Gasteiger charge is -2.19. The average molecular weight is 402 g/mol. The summed E-state index contributed by atoms with van der Waals surface area (Å²) in [5.74, 6) is 0.921. The number of rotatable bonds is 5. The summed E-state index contributed by atoms with van der Waals surface area (Å²) in [5, 5.41) is 11.0. The summed E-state index contributed by atoms with van der Waals surface area (Å²) in [6.07, 6.45) is 7.02. The van der Waals surface area contributed by atoms with Gasteiger partial charge < -0.3 is 9.84 Å². The predicted molar refractivity (Wildman–Crippen MR) is 113 cm³/mol. The van der Waals surface area contributed by atoms with Crippen LogP contribution in [-0.2, 0) is 0 Å². The van der Waals surface area contributed by atoms with Gasteiger partial charge in [-0.1, -0.05) is 18.5 Å². The number of fused-ring (bicyclic) bond motifs is 1. The van der Waals surface area contributed by atoms with Crippen LogP contribution in [0, 0.1) is 6.92 Å². The summed E-state index contributed by atoms with van der Waals surface area (Å²) in [4.78, 5) is 5.46. The molecule has 0 spiro atoms. The fourth-order valence-corrected chi connectivity index (χ4v) is 5.28. The van der Waals surface area contributed by atoms with E-state index in [1.54, 1.807) is 11.3 Å². The number of hydrogen-bond acceptors (Lipinski definition) is 4. The van der Waals surface area contributed by atoms with Crippen LogP contribution in [0.25, 0.3) is 21.3 Å². The largest absolute Gasteiger partial charge is 0.490 e. The number of thiophene rings is 1. The van der Waals surface area contributed by atoms with Crippen molar-refractivity contribution < 1.29 is 9.84 Å². The molecule has 1 aromatic carbocycles. The highest BCUT2D eigenvalue weighted by Crippen LogP contribution is 2.43. The Kier molecular flexibility index (Phi) is 5.40. The summed E-state index contributed by atoms with van der Waals surface area (Å²) in [7, 11) is 0. The second kappa shape index (κ2) is 7.78. The van der Waals surface area contributed by atoms with Gasteiger partial charge >= 0.3 is 0 Å². The lowest BCUT2D eigenvalue weighted by atomic mass is 10.0. The highest BCUT2D eigenvalue weighted by Gasteiger charge is 2.22. The van der Waals surface area contributed by atoms with Crippen LogP contribution in [0.3, 0.4) is 0 Å². The number of ether oxygens (including phenoxy) is 1. The molecule has 0 aliphatic heterocycles. The van der Waals surface area contributed by atoms with Crippen LogP contribution in [0.5, 0.6) is 5.75 Å². The van der Waals surface area contributed by atoms with Crippen molar-refractivity contribution in [3.8, 4) is 16.9 Å². The van der Waals surface area contributed by atoms with Crippen LogP contribution in [-0.4, -0.2) is 16.2 Å². The molecule has 27 heavy (non-hydrogen) atoms. The van der Waals surface area contributed by atoms with E-state index in [1.165, 1.54) is 12.8 Å². The van der Waals surface area contributed by atoms with E-state index < -0.39 is 6.10 Å². The minimum absolute atomic E-state index is 0.279. The Morgan fingerprint density at radius 1 is 1.26 bits per heavy atom. The van der Waals surface area contributed by atoms with Crippen molar-refractivity contribution in [2.24, 2.45) is 0 Å². The molecule has 142 valence electrons. The number of pyridine rings is 1. The molecule has 4 rings (SSSR count). The van der Waals surface area contributed by atoms with Crippen LogP contribution < -0.4 is 4.74 Å². The molecule has 0 saturated heterocycles. The Balaban J connectivity index is 1.86. The van der Waals surface area contributed by atoms with Crippen molar-refractivity contribution in [2.75, 3.05) is 0 Å². The SMILES string of the molecule is CCC(O)c1cc2nccc(-c3cc(Cl)cc(C)c3OC3CCCC3)c2s1. The number of hydrogen-bond donors (Lipinski definition) is 1. The minimum Gasteiger partial charge on any atom is -0.490 e. The summed E-state index contributed by atoms with van der Waals surface area (Å²) in [6, 6.07) is 7.97. The van der Waals surface area contributed by atoms with Crippen LogP contribution in [0.2, 0.25) is 5.02 Å². The molecule has 5 heteroatoms. The first-order chi connectivity index (χ1) is 13.1.